The van der Waals surface area contributed by atoms with E-state index in [9.17, 15) is 18.0 Å². The number of amides is 1. The molecular weight excluding hydrogens is 355 g/mol. The van der Waals surface area contributed by atoms with Crippen LogP contribution in [-0.4, -0.2) is 15.3 Å². The number of alkyl halides is 3. The van der Waals surface area contributed by atoms with E-state index in [4.69, 9.17) is 0 Å². The van der Waals surface area contributed by atoms with E-state index < -0.39 is 17.0 Å². The first-order valence-electron chi connectivity index (χ1n) is 4.34. The lowest BCUT2D eigenvalue weighted by Gasteiger charge is -2.01. The minimum absolute atomic E-state index is 0.0337. The Morgan fingerprint density at radius 1 is 1.39 bits per heavy atom. The number of anilines is 1. The van der Waals surface area contributed by atoms with Gasteiger partial charge in [0.05, 0.1) is 4.88 Å². The Morgan fingerprint density at radius 3 is 2.61 bits per heavy atom. The second-order valence-electron chi connectivity index (χ2n) is 2.98. The number of halogens is 4. The van der Waals surface area contributed by atoms with Crippen LogP contribution in [0.25, 0.3) is 0 Å². The third kappa shape index (κ3) is 3.06. The lowest BCUT2D eigenvalue weighted by atomic mass is 10.4. The van der Waals surface area contributed by atoms with Gasteiger partial charge in [-0.3, -0.25) is 10.1 Å². The SMILES string of the molecule is O=C(Nc1nc(Br)ns1)c1ccc(C(F)(F)F)s1. The molecule has 0 aromatic carbocycles. The molecule has 2 heterocycles. The molecule has 2 aromatic rings. The van der Waals surface area contributed by atoms with Crippen molar-refractivity contribution in [1.82, 2.24) is 9.36 Å². The second-order valence-corrected chi connectivity index (χ2v) is 5.53. The summed E-state index contributed by atoms with van der Waals surface area (Å²) in [5.41, 5.74) is 0. The number of thiophene rings is 1. The van der Waals surface area contributed by atoms with Crippen LogP contribution in [0.5, 0.6) is 0 Å². The standard InChI is InChI=1S/C8H3BrF3N3OS2/c9-6-14-7(18-15-6)13-5(16)3-1-2-4(17-3)8(10,11)12/h1-2H,(H,13,14,15,16). The fourth-order valence-corrected chi connectivity index (χ4v) is 2.78. The molecule has 0 saturated carbocycles. The highest BCUT2D eigenvalue weighted by molar-refractivity contribution is 9.10. The van der Waals surface area contributed by atoms with E-state index in [1.54, 1.807) is 0 Å². The first kappa shape index (κ1) is 13.4. The molecule has 10 heteroatoms. The average Bonchev–Trinajstić information content (AvgIpc) is 2.85. The lowest BCUT2D eigenvalue weighted by Crippen LogP contribution is -2.09. The van der Waals surface area contributed by atoms with Crippen LogP contribution in [0.2, 0.25) is 0 Å². The summed E-state index contributed by atoms with van der Waals surface area (Å²) in [6.07, 6.45) is -4.44. The Labute approximate surface area is 115 Å². The van der Waals surface area contributed by atoms with Crippen molar-refractivity contribution in [1.29, 1.82) is 0 Å². The van der Waals surface area contributed by atoms with E-state index in [2.05, 4.69) is 30.6 Å². The fourth-order valence-electron chi connectivity index (χ4n) is 1.03. The topological polar surface area (TPSA) is 54.9 Å². The van der Waals surface area contributed by atoms with Gasteiger partial charge in [0.1, 0.15) is 4.88 Å². The van der Waals surface area contributed by atoms with Crippen molar-refractivity contribution in [3.05, 3.63) is 26.6 Å². The van der Waals surface area contributed by atoms with Crippen molar-refractivity contribution in [2.75, 3.05) is 5.32 Å². The minimum Gasteiger partial charge on any atom is -0.296 e. The first-order valence-corrected chi connectivity index (χ1v) is 6.72. The molecule has 0 aliphatic carbocycles. The van der Waals surface area contributed by atoms with E-state index in [-0.39, 0.29) is 10.0 Å². The van der Waals surface area contributed by atoms with Crippen molar-refractivity contribution < 1.29 is 18.0 Å². The van der Waals surface area contributed by atoms with E-state index in [0.717, 1.165) is 23.7 Å². The van der Waals surface area contributed by atoms with Gasteiger partial charge >= 0.3 is 6.18 Å². The summed E-state index contributed by atoms with van der Waals surface area (Å²) in [6.45, 7) is 0. The van der Waals surface area contributed by atoms with Crippen molar-refractivity contribution in [3.63, 3.8) is 0 Å². The lowest BCUT2D eigenvalue weighted by molar-refractivity contribution is -0.134. The van der Waals surface area contributed by atoms with Gasteiger partial charge in [0, 0.05) is 11.5 Å². The summed E-state index contributed by atoms with van der Waals surface area (Å²) < 4.78 is 41.1. The Morgan fingerprint density at radius 2 is 2.11 bits per heavy atom. The van der Waals surface area contributed by atoms with Crippen LogP contribution < -0.4 is 5.32 Å². The maximum absolute atomic E-state index is 12.3. The van der Waals surface area contributed by atoms with Crippen LogP contribution in [0.4, 0.5) is 18.3 Å². The van der Waals surface area contributed by atoms with Gasteiger partial charge in [-0.15, -0.1) is 11.3 Å². The zero-order chi connectivity index (χ0) is 13.3. The number of nitrogens with zero attached hydrogens (tertiary/aromatic N) is 2. The third-order valence-electron chi connectivity index (χ3n) is 1.73. The van der Waals surface area contributed by atoms with Gasteiger partial charge in [-0.05, 0) is 28.1 Å². The van der Waals surface area contributed by atoms with E-state index >= 15 is 0 Å². The first-order chi connectivity index (χ1) is 8.36. The van der Waals surface area contributed by atoms with Crippen LogP contribution in [0.1, 0.15) is 14.5 Å². The molecule has 0 saturated heterocycles. The van der Waals surface area contributed by atoms with Crippen molar-refractivity contribution >= 4 is 49.8 Å². The van der Waals surface area contributed by atoms with E-state index in [1.165, 1.54) is 0 Å². The normalized spacial score (nSPS) is 11.6. The van der Waals surface area contributed by atoms with Gasteiger partial charge in [-0.1, -0.05) is 0 Å². The number of hydrogen-bond acceptors (Lipinski definition) is 5. The summed E-state index contributed by atoms with van der Waals surface area (Å²) in [4.78, 5) is 14.6. The minimum atomic E-state index is -4.44. The average molecular weight is 358 g/mol. The van der Waals surface area contributed by atoms with Crippen molar-refractivity contribution in [2.24, 2.45) is 0 Å². The number of aromatic nitrogens is 2. The number of rotatable bonds is 2. The highest BCUT2D eigenvalue weighted by Crippen LogP contribution is 2.34. The molecule has 0 bridgehead atoms. The molecule has 0 fully saturated rings. The Balaban J connectivity index is 2.12. The molecule has 4 nitrogen and oxygen atoms in total. The number of carbonyl (C=O) groups is 1. The second kappa shape index (κ2) is 4.94. The highest BCUT2D eigenvalue weighted by atomic mass is 79.9. The zero-order valence-electron chi connectivity index (χ0n) is 8.29. The van der Waals surface area contributed by atoms with Crippen LogP contribution in [0, 0.1) is 0 Å². The molecule has 1 amide bonds. The molecule has 0 aliphatic rings. The predicted octanol–water partition coefficient (Wildman–Crippen LogP) is 3.63. The molecular formula is C8H3BrF3N3OS2. The predicted molar refractivity (Wildman–Crippen MR) is 64.9 cm³/mol. The summed E-state index contributed by atoms with van der Waals surface area (Å²) in [5, 5.41) is 2.58. The molecule has 96 valence electrons. The Kier molecular flexibility index (Phi) is 3.69. The van der Waals surface area contributed by atoms with Gasteiger partial charge in [0.15, 0.2) is 0 Å². The summed E-state index contributed by atoms with van der Waals surface area (Å²) >= 11 is 4.31. The summed E-state index contributed by atoms with van der Waals surface area (Å²) in [6, 6.07) is 1.99. The maximum atomic E-state index is 12.3. The molecule has 0 atom stereocenters. The zero-order valence-corrected chi connectivity index (χ0v) is 11.5. The molecule has 18 heavy (non-hydrogen) atoms. The molecule has 0 unspecified atom stereocenters. The van der Waals surface area contributed by atoms with Crippen LogP contribution in [0.15, 0.2) is 16.9 Å². The van der Waals surface area contributed by atoms with Gasteiger partial charge < -0.3 is 0 Å². The van der Waals surface area contributed by atoms with Gasteiger partial charge in [0.25, 0.3) is 5.91 Å². The van der Waals surface area contributed by atoms with Crippen molar-refractivity contribution in [3.8, 4) is 0 Å². The maximum Gasteiger partial charge on any atom is 0.425 e. The third-order valence-corrected chi connectivity index (χ3v) is 4.08. The highest BCUT2D eigenvalue weighted by Gasteiger charge is 2.33. The van der Waals surface area contributed by atoms with Crippen LogP contribution >= 0.6 is 38.8 Å². The largest absolute Gasteiger partial charge is 0.425 e. The Bertz CT molecular complexity index is 580. The molecule has 0 spiro atoms. The summed E-state index contributed by atoms with van der Waals surface area (Å²) in [7, 11) is 0. The smallest absolute Gasteiger partial charge is 0.296 e. The van der Waals surface area contributed by atoms with Gasteiger partial charge in [0.2, 0.25) is 9.87 Å². The molecule has 0 radical (unpaired) electrons. The van der Waals surface area contributed by atoms with Gasteiger partial charge in [-0.25, -0.2) is 0 Å². The summed E-state index contributed by atoms with van der Waals surface area (Å²) in [5.74, 6) is -0.640. The quantitative estimate of drug-likeness (QED) is 0.892. The van der Waals surface area contributed by atoms with Crippen LogP contribution in [0.3, 0.4) is 0 Å². The van der Waals surface area contributed by atoms with Gasteiger partial charge in [-0.2, -0.15) is 22.5 Å². The molecule has 2 aromatic heterocycles. The van der Waals surface area contributed by atoms with Crippen molar-refractivity contribution in [2.45, 2.75) is 6.18 Å². The fraction of sp³-hybridized carbons (Fsp3) is 0.125. The Hall–Kier alpha value is -1.00. The molecule has 0 aliphatic heterocycles. The number of hydrogen-bond donors (Lipinski definition) is 1. The molecule has 1 N–H and O–H groups in total. The van der Waals surface area contributed by atoms with Crippen LogP contribution in [-0.2, 0) is 6.18 Å². The molecule has 2 rings (SSSR count). The number of carbonyl (C=O) groups excluding carboxylic acids is 1. The van der Waals surface area contributed by atoms with E-state index in [0.29, 0.717) is 16.1 Å². The monoisotopic (exact) mass is 357 g/mol. The number of nitrogens with one attached hydrogen (secondary N) is 1. The van der Waals surface area contributed by atoms with E-state index in [1.807, 2.05) is 0 Å².